The van der Waals surface area contributed by atoms with Gasteiger partial charge in [-0.3, -0.25) is 4.79 Å². The van der Waals surface area contributed by atoms with Gasteiger partial charge in [-0.05, 0) is 34.5 Å². The van der Waals surface area contributed by atoms with Crippen LogP contribution in [-0.4, -0.2) is 6.29 Å². The first-order chi connectivity index (χ1) is 7.81. The van der Waals surface area contributed by atoms with Crippen molar-refractivity contribution in [1.82, 2.24) is 0 Å². The van der Waals surface area contributed by atoms with E-state index in [-0.39, 0.29) is 0 Å². The number of rotatable bonds is 4. The molecular formula is C12H9ClO2S. The van der Waals surface area contributed by atoms with Crippen LogP contribution in [0.4, 0.5) is 0 Å². The summed E-state index contributed by atoms with van der Waals surface area (Å²) in [6.07, 6.45) is 0.714. The van der Waals surface area contributed by atoms with Gasteiger partial charge in [-0.15, -0.1) is 0 Å². The van der Waals surface area contributed by atoms with Crippen molar-refractivity contribution in [3.05, 3.63) is 51.2 Å². The number of carbonyl (C=O) groups is 1. The maximum absolute atomic E-state index is 10.8. The smallest absolute Gasteiger partial charge is 0.155 e. The molecule has 2 rings (SSSR count). The highest BCUT2D eigenvalue weighted by Gasteiger charge is 2.07. The third-order valence-corrected chi connectivity index (χ3v) is 3.17. The molecular weight excluding hydrogens is 244 g/mol. The Bertz CT molecular complexity index is 480. The number of aldehydes is 1. The minimum absolute atomic E-state index is 0.402. The lowest BCUT2D eigenvalue weighted by Gasteiger charge is -2.08. The number of hydrogen-bond acceptors (Lipinski definition) is 3. The summed E-state index contributed by atoms with van der Waals surface area (Å²) < 4.78 is 5.54. The molecule has 0 aliphatic carbocycles. The summed E-state index contributed by atoms with van der Waals surface area (Å²) in [7, 11) is 0. The maximum atomic E-state index is 10.8. The first-order valence-corrected chi connectivity index (χ1v) is 6.01. The molecule has 0 unspecified atom stereocenters. The van der Waals surface area contributed by atoms with Gasteiger partial charge in [-0.25, -0.2) is 0 Å². The second-order valence-electron chi connectivity index (χ2n) is 3.19. The van der Waals surface area contributed by atoms with Crippen LogP contribution in [0.3, 0.4) is 0 Å². The van der Waals surface area contributed by atoms with Crippen LogP contribution in [-0.2, 0) is 6.61 Å². The van der Waals surface area contributed by atoms with Crippen LogP contribution in [0.5, 0.6) is 5.75 Å². The molecule has 2 nitrogen and oxygen atoms in total. The van der Waals surface area contributed by atoms with Crippen molar-refractivity contribution in [1.29, 1.82) is 0 Å². The molecule has 82 valence electrons. The van der Waals surface area contributed by atoms with Gasteiger partial charge in [0, 0.05) is 0 Å². The Kier molecular flexibility index (Phi) is 3.59. The number of thiophene rings is 1. The molecule has 1 heterocycles. The van der Waals surface area contributed by atoms with E-state index in [0.29, 0.717) is 29.2 Å². The van der Waals surface area contributed by atoms with Gasteiger partial charge < -0.3 is 4.74 Å². The summed E-state index contributed by atoms with van der Waals surface area (Å²) in [6, 6.07) is 7.15. The van der Waals surface area contributed by atoms with E-state index >= 15 is 0 Å². The predicted molar refractivity (Wildman–Crippen MR) is 65.5 cm³/mol. The fraction of sp³-hybridized carbons (Fsp3) is 0.0833. The molecule has 0 aliphatic heterocycles. The Balaban J connectivity index is 2.15. The molecule has 4 heteroatoms. The van der Waals surface area contributed by atoms with Gasteiger partial charge >= 0.3 is 0 Å². The Hall–Kier alpha value is -1.32. The van der Waals surface area contributed by atoms with E-state index in [0.717, 1.165) is 5.56 Å². The number of hydrogen-bond donors (Lipinski definition) is 0. The van der Waals surface area contributed by atoms with Gasteiger partial charge in [0.25, 0.3) is 0 Å². The zero-order chi connectivity index (χ0) is 11.4. The van der Waals surface area contributed by atoms with E-state index < -0.39 is 0 Å². The quantitative estimate of drug-likeness (QED) is 0.774. The topological polar surface area (TPSA) is 26.3 Å². The van der Waals surface area contributed by atoms with Crippen molar-refractivity contribution in [2.45, 2.75) is 6.61 Å². The minimum atomic E-state index is 0.402. The van der Waals surface area contributed by atoms with Gasteiger partial charge in [0.05, 0.1) is 10.6 Å². The zero-order valence-corrected chi connectivity index (χ0v) is 9.92. The highest BCUT2D eigenvalue weighted by molar-refractivity contribution is 7.07. The average molecular weight is 253 g/mol. The van der Waals surface area contributed by atoms with Gasteiger partial charge in [0.1, 0.15) is 12.4 Å². The van der Waals surface area contributed by atoms with Crippen LogP contribution in [0.1, 0.15) is 15.9 Å². The van der Waals surface area contributed by atoms with Gasteiger partial charge in [0.15, 0.2) is 6.29 Å². The van der Waals surface area contributed by atoms with Crippen LogP contribution >= 0.6 is 22.9 Å². The molecule has 0 radical (unpaired) electrons. The predicted octanol–water partition coefficient (Wildman–Crippen LogP) is 3.79. The maximum Gasteiger partial charge on any atom is 0.155 e. The van der Waals surface area contributed by atoms with E-state index in [1.807, 2.05) is 16.8 Å². The highest BCUT2D eigenvalue weighted by atomic mass is 35.5. The van der Waals surface area contributed by atoms with Crippen LogP contribution in [0, 0.1) is 0 Å². The van der Waals surface area contributed by atoms with Crippen LogP contribution in [0.25, 0.3) is 0 Å². The van der Waals surface area contributed by atoms with E-state index in [1.165, 1.54) is 0 Å². The fourth-order valence-corrected chi connectivity index (χ4v) is 2.16. The Morgan fingerprint density at radius 2 is 2.25 bits per heavy atom. The van der Waals surface area contributed by atoms with E-state index in [4.69, 9.17) is 16.3 Å². The number of ether oxygens (including phenoxy) is 1. The molecule has 0 spiro atoms. The molecule has 0 aliphatic rings. The number of halogens is 1. The molecule has 0 N–H and O–H groups in total. The summed E-state index contributed by atoms with van der Waals surface area (Å²) in [4.78, 5) is 10.8. The standard InChI is InChI=1S/C12H9ClO2S/c13-11-2-1-3-12(10(11)6-14)15-7-9-4-5-16-8-9/h1-6,8H,7H2. The molecule has 0 fully saturated rings. The van der Waals surface area contributed by atoms with Crippen LogP contribution in [0.2, 0.25) is 5.02 Å². The molecule has 0 atom stereocenters. The summed E-state index contributed by atoms with van der Waals surface area (Å²) >= 11 is 7.49. The SMILES string of the molecule is O=Cc1c(Cl)cccc1OCc1ccsc1. The third-order valence-electron chi connectivity index (χ3n) is 2.11. The monoisotopic (exact) mass is 252 g/mol. The van der Waals surface area contributed by atoms with Gasteiger partial charge in [-0.2, -0.15) is 11.3 Å². The number of benzene rings is 1. The first kappa shape index (κ1) is 11.2. The van der Waals surface area contributed by atoms with E-state index in [1.54, 1.807) is 29.5 Å². The first-order valence-electron chi connectivity index (χ1n) is 4.69. The molecule has 1 aromatic carbocycles. The molecule has 16 heavy (non-hydrogen) atoms. The van der Waals surface area contributed by atoms with Crippen molar-refractivity contribution < 1.29 is 9.53 Å². The highest BCUT2D eigenvalue weighted by Crippen LogP contribution is 2.25. The molecule has 0 bridgehead atoms. The van der Waals surface area contributed by atoms with Crippen molar-refractivity contribution >= 4 is 29.2 Å². The molecule has 0 saturated carbocycles. The second kappa shape index (κ2) is 5.14. The fourth-order valence-electron chi connectivity index (χ4n) is 1.29. The van der Waals surface area contributed by atoms with E-state index in [2.05, 4.69) is 0 Å². The largest absolute Gasteiger partial charge is 0.488 e. The summed E-state index contributed by atoms with van der Waals surface area (Å²) in [5, 5.41) is 4.40. The zero-order valence-electron chi connectivity index (χ0n) is 8.35. The van der Waals surface area contributed by atoms with Gasteiger partial charge in [-0.1, -0.05) is 17.7 Å². The average Bonchev–Trinajstić information content (AvgIpc) is 2.79. The summed E-state index contributed by atoms with van der Waals surface area (Å²) in [5.41, 5.74) is 1.49. The number of carbonyl (C=O) groups excluding carboxylic acids is 1. The lowest BCUT2D eigenvalue weighted by Crippen LogP contribution is -1.97. The third kappa shape index (κ3) is 2.43. The lowest BCUT2D eigenvalue weighted by molar-refractivity contribution is 0.111. The van der Waals surface area contributed by atoms with Crippen LogP contribution < -0.4 is 4.74 Å². The Morgan fingerprint density at radius 3 is 2.94 bits per heavy atom. The molecule has 0 saturated heterocycles. The van der Waals surface area contributed by atoms with Crippen LogP contribution in [0.15, 0.2) is 35.0 Å². The molecule has 0 amide bonds. The van der Waals surface area contributed by atoms with Crippen molar-refractivity contribution in [2.24, 2.45) is 0 Å². The van der Waals surface area contributed by atoms with Gasteiger partial charge in [0.2, 0.25) is 0 Å². The normalized spacial score (nSPS) is 10.1. The second-order valence-corrected chi connectivity index (χ2v) is 4.38. The van der Waals surface area contributed by atoms with Crippen molar-refractivity contribution in [3.8, 4) is 5.75 Å². The Labute approximate surface area is 102 Å². The molecule has 1 aromatic heterocycles. The van der Waals surface area contributed by atoms with Crippen molar-refractivity contribution in [2.75, 3.05) is 0 Å². The summed E-state index contributed by atoms with van der Waals surface area (Å²) in [5.74, 6) is 0.522. The van der Waals surface area contributed by atoms with E-state index in [9.17, 15) is 4.79 Å². The lowest BCUT2D eigenvalue weighted by atomic mass is 10.2. The molecule has 2 aromatic rings. The Morgan fingerprint density at radius 1 is 1.38 bits per heavy atom. The minimum Gasteiger partial charge on any atom is -0.488 e. The summed E-state index contributed by atoms with van der Waals surface area (Å²) in [6.45, 7) is 0.449. The van der Waals surface area contributed by atoms with Crippen molar-refractivity contribution in [3.63, 3.8) is 0 Å².